The molecule has 2 aliphatic rings. The highest BCUT2D eigenvalue weighted by Crippen LogP contribution is 2.33. The summed E-state index contributed by atoms with van der Waals surface area (Å²) in [5, 5.41) is 0. The standard InChI is InChI=1S/C25H30N2O4/c1-4-26(14-18-9-10-22-23(12-18)31-16-30-22)25(29)21-13-19-7-5-6-8-20(19)15-27(21)24(28)11-17(2)3/h5-10,12,17,21H,4,11,13-16H2,1-3H3. The van der Waals surface area contributed by atoms with E-state index in [0.29, 0.717) is 38.2 Å². The minimum Gasteiger partial charge on any atom is -0.454 e. The number of fused-ring (bicyclic) bond motifs is 2. The van der Waals surface area contributed by atoms with E-state index in [1.54, 1.807) is 4.90 Å². The van der Waals surface area contributed by atoms with E-state index in [-0.39, 0.29) is 24.5 Å². The lowest BCUT2D eigenvalue weighted by molar-refractivity contribution is -0.147. The molecule has 6 nitrogen and oxygen atoms in total. The molecule has 31 heavy (non-hydrogen) atoms. The maximum Gasteiger partial charge on any atom is 0.246 e. The van der Waals surface area contributed by atoms with Crippen molar-refractivity contribution in [1.29, 1.82) is 0 Å². The molecule has 0 N–H and O–H groups in total. The Balaban J connectivity index is 1.57. The van der Waals surface area contributed by atoms with Crippen LogP contribution in [0.1, 0.15) is 43.9 Å². The van der Waals surface area contributed by atoms with Crippen molar-refractivity contribution in [2.75, 3.05) is 13.3 Å². The molecule has 1 unspecified atom stereocenters. The Morgan fingerprint density at radius 1 is 1.10 bits per heavy atom. The van der Waals surface area contributed by atoms with Gasteiger partial charge >= 0.3 is 0 Å². The topological polar surface area (TPSA) is 59.1 Å². The van der Waals surface area contributed by atoms with E-state index < -0.39 is 6.04 Å². The SMILES string of the molecule is CCN(Cc1ccc2c(c1)OCO2)C(=O)C1Cc2ccccc2CN1C(=O)CC(C)C. The van der Waals surface area contributed by atoms with Crippen molar-refractivity contribution in [3.05, 3.63) is 59.2 Å². The third-order valence-corrected chi connectivity index (χ3v) is 5.94. The van der Waals surface area contributed by atoms with Crippen LogP contribution in [0.15, 0.2) is 42.5 Å². The molecule has 0 saturated heterocycles. The highest BCUT2D eigenvalue weighted by atomic mass is 16.7. The molecular weight excluding hydrogens is 392 g/mol. The molecule has 2 aromatic rings. The Kier molecular flexibility index (Phi) is 6.16. The fourth-order valence-corrected chi connectivity index (χ4v) is 4.29. The van der Waals surface area contributed by atoms with E-state index in [4.69, 9.17) is 9.47 Å². The second-order valence-corrected chi connectivity index (χ2v) is 8.65. The summed E-state index contributed by atoms with van der Waals surface area (Å²) in [4.78, 5) is 30.3. The lowest BCUT2D eigenvalue weighted by Crippen LogP contribution is -2.53. The van der Waals surface area contributed by atoms with Gasteiger partial charge in [0, 0.05) is 32.5 Å². The third kappa shape index (κ3) is 4.53. The van der Waals surface area contributed by atoms with Crippen LogP contribution >= 0.6 is 0 Å². The van der Waals surface area contributed by atoms with Crippen LogP contribution in [0.25, 0.3) is 0 Å². The number of likely N-dealkylation sites (N-methyl/N-ethyl adjacent to an activating group) is 1. The predicted molar refractivity (Wildman–Crippen MR) is 118 cm³/mol. The van der Waals surface area contributed by atoms with E-state index in [2.05, 4.69) is 12.1 Å². The Labute approximate surface area is 183 Å². The molecule has 2 aromatic carbocycles. The van der Waals surface area contributed by atoms with Gasteiger partial charge in [0.25, 0.3) is 0 Å². The largest absolute Gasteiger partial charge is 0.454 e. The minimum atomic E-state index is -0.477. The van der Waals surface area contributed by atoms with E-state index in [0.717, 1.165) is 22.4 Å². The highest BCUT2D eigenvalue weighted by Gasteiger charge is 2.36. The van der Waals surface area contributed by atoms with Gasteiger partial charge in [-0.3, -0.25) is 9.59 Å². The Hall–Kier alpha value is -3.02. The summed E-state index contributed by atoms with van der Waals surface area (Å²) in [6.07, 6.45) is 0.997. The molecule has 0 bridgehead atoms. The average Bonchev–Trinajstić information content (AvgIpc) is 3.23. The van der Waals surface area contributed by atoms with Gasteiger partial charge in [0.2, 0.25) is 18.6 Å². The van der Waals surface area contributed by atoms with E-state index in [9.17, 15) is 9.59 Å². The van der Waals surface area contributed by atoms with Crippen LogP contribution in [-0.4, -0.2) is 41.0 Å². The molecule has 0 radical (unpaired) electrons. The van der Waals surface area contributed by atoms with Crippen LogP contribution < -0.4 is 9.47 Å². The zero-order valence-electron chi connectivity index (χ0n) is 18.5. The number of hydrogen-bond acceptors (Lipinski definition) is 4. The Morgan fingerprint density at radius 3 is 2.58 bits per heavy atom. The van der Waals surface area contributed by atoms with E-state index >= 15 is 0 Å². The predicted octanol–water partition coefficient (Wildman–Crippen LogP) is 3.76. The molecule has 0 saturated carbocycles. The molecule has 0 fully saturated rings. The summed E-state index contributed by atoms with van der Waals surface area (Å²) in [5.74, 6) is 1.72. The molecule has 0 spiro atoms. The van der Waals surface area contributed by atoms with Crippen LogP contribution in [0.4, 0.5) is 0 Å². The number of hydrogen-bond donors (Lipinski definition) is 0. The number of benzene rings is 2. The number of rotatable bonds is 6. The fraction of sp³-hybridized carbons (Fsp3) is 0.440. The molecule has 2 aliphatic heterocycles. The average molecular weight is 423 g/mol. The maximum absolute atomic E-state index is 13.7. The van der Waals surface area contributed by atoms with Crippen LogP contribution in [0.3, 0.4) is 0 Å². The van der Waals surface area contributed by atoms with Crippen LogP contribution in [0.5, 0.6) is 11.5 Å². The molecule has 2 heterocycles. The highest BCUT2D eigenvalue weighted by molar-refractivity contribution is 5.88. The first kappa shape index (κ1) is 21.2. The van der Waals surface area contributed by atoms with Gasteiger partial charge in [0.05, 0.1) is 0 Å². The number of nitrogens with zero attached hydrogens (tertiary/aromatic N) is 2. The molecule has 4 rings (SSSR count). The van der Waals surface area contributed by atoms with Gasteiger partial charge in [-0.05, 0) is 41.7 Å². The summed E-state index contributed by atoms with van der Waals surface area (Å²) >= 11 is 0. The van der Waals surface area contributed by atoms with Gasteiger partial charge < -0.3 is 19.3 Å². The van der Waals surface area contributed by atoms with Crippen molar-refractivity contribution in [2.24, 2.45) is 5.92 Å². The van der Waals surface area contributed by atoms with Gasteiger partial charge in [-0.25, -0.2) is 0 Å². The monoisotopic (exact) mass is 422 g/mol. The van der Waals surface area contributed by atoms with Crippen molar-refractivity contribution in [2.45, 2.75) is 52.7 Å². The molecule has 1 atom stereocenters. The summed E-state index contributed by atoms with van der Waals surface area (Å²) in [5.41, 5.74) is 3.26. The molecule has 0 aliphatic carbocycles. The number of carbonyl (C=O) groups excluding carboxylic acids is 2. The first-order valence-corrected chi connectivity index (χ1v) is 11.0. The van der Waals surface area contributed by atoms with Crippen LogP contribution in [0, 0.1) is 5.92 Å². The summed E-state index contributed by atoms with van der Waals surface area (Å²) in [6, 6.07) is 13.4. The van der Waals surface area contributed by atoms with Gasteiger partial charge in [0.1, 0.15) is 6.04 Å². The normalized spacial score (nSPS) is 16.9. The summed E-state index contributed by atoms with van der Waals surface area (Å²) in [6.45, 7) is 7.79. The number of ether oxygens (including phenoxy) is 2. The van der Waals surface area contributed by atoms with Crippen LogP contribution in [-0.2, 0) is 29.1 Å². The van der Waals surface area contributed by atoms with Crippen molar-refractivity contribution >= 4 is 11.8 Å². The first-order chi connectivity index (χ1) is 15.0. The molecule has 2 amide bonds. The molecule has 6 heteroatoms. The molecular formula is C25H30N2O4. The Morgan fingerprint density at radius 2 is 1.84 bits per heavy atom. The second-order valence-electron chi connectivity index (χ2n) is 8.65. The minimum absolute atomic E-state index is 0.00761. The summed E-state index contributed by atoms with van der Waals surface area (Å²) < 4.78 is 10.9. The zero-order valence-corrected chi connectivity index (χ0v) is 18.5. The Bertz CT molecular complexity index is 972. The smallest absolute Gasteiger partial charge is 0.246 e. The third-order valence-electron chi connectivity index (χ3n) is 5.94. The van der Waals surface area contributed by atoms with E-state index in [1.165, 1.54) is 0 Å². The molecule has 0 aromatic heterocycles. The number of amides is 2. The van der Waals surface area contributed by atoms with Gasteiger partial charge in [0.15, 0.2) is 11.5 Å². The van der Waals surface area contributed by atoms with Crippen LogP contribution in [0.2, 0.25) is 0 Å². The quantitative estimate of drug-likeness (QED) is 0.711. The van der Waals surface area contributed by atoms with Gasteiger partial charge in [-0.2, -0.15) is 0 Å². The number of carbonyl (C=O) groups is 2. The maximum atomic E-state index is 13.7. The van der Waals surface area contributed by atoms with Crippen molar-refractivity contribution in [1.82, 2.24) is 9.80 Å². The van der Waals surface area contributed by atoms with Crippen molar-refractivity contribution < 1.29 is 19.1 Å². The van der Waals surface area contributed by atoms with Crippen molar-refractivity contribution in [3.63, 3.8) is 0 Å². The fourth-order valence-electron chi connectivity index (χ4n) is 4.29. The van der Waals surface area contributed by atoms with Gasteiger partial charge in [-0.1, -0.05) is 44.2 Å². The molecule has 164 valence electrons. The van der Waals surface area contributed by atoms with Gasteiger partial charge in [-0.15, -0.1) is 0 Å². The first-order valence-electron chi connectivity index (χ1n) is 11.0. The zero-order chi connectivity index (χ0) is 22.0. The lowest BCUT2D eigenvalue weighted by Gasteiger charge is -2.39. The summed E-state index contributed by atoms with van der Waals surface area (Å²) in [7, 11) is 0. The lowest BCUT2D eigenvalue weighted by atomic mass is 9.92. The van der Waals surface area contributed by atoms with Crippen molar-refractivity contribution in [3.8, 4) is 11.5 Å². The van der Waals surface area contributed by atoms with E-state index in [1.807, 2.05) is 56.0 Å². The second kappa shape index (κ2) is 9.00.